The summed E-state index contributed by atoms with van der Waals surface area (Å²) in [7, 11) is 0. The highest BCUT2D eigenvalue weighted by atomic mass is 16.6. The van der Waals surface area contributed by atoms with Gasteiger partial charge in [0.25, 0.3) is 0 Å². The number of cyclic esters (lactones) is 1. The van der Waals surface area contributed by atoms with Crippen LogP contribution in [0.3, 0.4) is 0 Å². The molecule has 3 aliphatic rings. The molecule has 0 aromatic rings. The second kappa shape index (κ2) is 6.13. The Kier molecular flexibility index (Phi) is 4.44. The third-order valence-corrected chi connectivity index (χ3v) is 5.37. The van der Waals surface area contributed by atoms with Gasteiger partial charge in [-0.05, 0) is 24.8 Å². The number of carbonyl (C=O) groups is 2. The number of rotatable bonds is 1. The summed E-state index contributed by atoms with van der Waals surface area (Å²) < 4.78 is 11.0. The lowest BCUT2D eigenvalue weighted by molar-refractivity contribution is -0.186. The maximum absolute atomic E-state index is 12.7. The highest BCUT2D eigenvalue weighted by molar-refractivity contribution is 5.82. The molecule has 3 rings (SSSR count). The summed E-state index contributed by atoms with van der Waals surface area (Å²) in [6, 6.07) is -0.0882. The highest BCUT2D eigenvalue weighted by Crippen LogP contribution is 2.35. The van der Waals surface area contributed by atoms with Crippen molar-refractivity contribution in [2.45, 2.75) is 51.0 Å². The van der Waals surface area contributed by atoms with Crippen LogP contribution in [0.5, 0.6) is 0 Å². The molecular formula is C17H25NO6. The zero-order valence-electron chi connectivity index (χ0n) is 14.3. The standard InChI is InChI=1S/C17H25NO6/c1-9(2)12-14(19)17(3,22)16(21)23-8-10-4-6-18-7-5-11(13(10)18)24-15(12)20/h4,9,11-14,19,22H,5-8H2,1-3H3/t11-,12+,13-,14-,17-/m1/s1. The Hall–Kier alpha value is -1.44. The van der Waals surface area contributed by atoms with E-state index in [-0.39, 0.29) is 24.7 Å². The van der Waals surface area contributed by atoms with Gasteiger partial charge in [0, 0.05) is 13.1 Å². The number of nitrogens with zero attached hydrogens (tertiary/aromatic N) is 1. The zero-order chi connectivity index (χ0) is 17.6. The van der Waals surface area contributed by atoms with E-state index in [2.05, 4.69) is 4.90 Å². The molecule has 0 aliphatic carbocycles. The average molecular weight is 339 g/mol. The van der Waals surface area contributed by atoms with E-state index < -0.39 is 29.6 Å². The molecule has 2 saturated heterocycles. The molecule has 0 spiro atoms. The summed E-state index contributed by atoms with van der Waals surface area (Å²) >= 11 is 0. The minimum atomic E-state index is -2.17. The number of hydrogen-bond acceptors (Lipinski definition) is 7. The van der Waals surface area contributed by atoms with Crippen molar-refractivity contribution in [2.75, 3.05) is 19.7 Å². The van der Waals surface area contributed by atoms with Crippen LogP contribution in [0.25, 0.3) is 0 Å². The zero-order valence-corrected chi connectivity index (χ0v) is 14.3. The molecule has 0 unspecified atom stereocenters. The van der Waals surface area contributed by atoms with Crippen LogP contribution in [0.2, 0.25) is 0 Å². The predicted octanol–water partition coefficient (Wildman–Crippen LogP) is -0.147. The first-order valence-electron chi connectivity index (χ1n) is 8.44. The van der Waals surface area contributed by atoms with Gasteiger partial charge in [-0.15, -0.1) is 0 Å². The lowest BCUT2D eigenvalue weighted by Gasteiger charge is -2.33. The van der Waals surface area contributed by atoms with Gasteiger partial charge in [0.1, 0.15) is 18.8 Å². The lowest BCUT2D eigenvalue weighted by Crippen LogP contribution is -2.54. The molecule has 0 aromatic carbocycles. The van der Waals surface area contributed by atoms with Crippen LogP contribution in [0.1, 0.15) is 27.2 Å². The van der Waals surface area contributed by atoms with Crippen molar-refractivity contribution in [2.24, 2.45) is 11.8 Å². The minimum absolute atomic E-state index is 0.0310. The summed E-state index contributed by atoms with van der Waals surface area (Å²) in [5.74, 6) is -2.81. The molecule has 0 amide bonds. The Balaban J connectivity index is 1.96. The first-order valence-corrected chi connectivity index (χ1v) is 8.44. The Morgan fingerprint density at radius 3 is 2.75 bits per heavy atom. The summed E-state index contributed by atoms with van der Waals surface area (Å²) in [6.45, 7) is 6.25. The summed E-state index contributed by atoms with van der Waals surface area (Å²) in [5, 5.41) is 21.0. The van der Waals surface area contributed by atoms with Gasteiger partial charge in [-0.2, -0.15) is 0 Å². The summed E-state index contributed by atoms with van der Waals surface area (Å²) in [4.78, 5) is 27.2. The fourth-order valence-corrected chi connectivity index (χ4v) is 3.89. The van der Waals surface area contributed by atoms with Gasteiger partial charge >= 0.3 is 11.9 Å². The molecule has 2 N–H and O–H groups in total. The predicted molar refractivity (Wildman–Crippen MR) is 83.9 cm³/mol. The van der Waals surface area contributed by atoms with Gasteiger partial charge in [-0.25, -0.2) is 4.79 Å². The quantitative estimate of drug-likeness (QED) is 0.507. The number of ether oxygens (including phenoxy) is 2. The molecule has 0 radical (unpaired) electrons. The number of aliphatic hydroxyl groups is 2. The van der Waals surface area contributed by atoms with Crippen LogP contribution in [0.4, 0.5) is 0 Å². The van der Waals surface area contributed by atoms with E-state index in [1.54, 1.807) is 13.8 Å². The van der Waals surface area contributed by atoms with E-state index in [0.717, 1.165) is 18.7 Å². The van der Waals surface area contributed by atoms with Crippen molar-refractivity contribution < 1.29 is 29.3 Å². The average Bonchev–Trinajstić information content (AvgIpc) is 3.06. The Labute approximate surface area is 141 Å². The molecule has 0 aromatic heterocycles. The number of aliphatic hydroxyl groups excluding tert-OH is 1. The Morgan fingerprint density at radius 1 is 1.38 bits per heavy atom. The smallest absolute Gasteiger partial charge is 0.340 e. The van der Waals surface area contributed by atoms with Crippen molar-refractivity contribution in [3.05, 3.63) is 11.6 Å². The van der Waals surface area contributed by atoms with Crippen molar-refractivity contribution >= 4 is 11.9 Å². The van der Waals surface area contributed by atoms with Gasteiger partial charge in [0.15, 0.2) is 5.60 Å². The van der Waals surface area contributed by atoms with Crippen LogP contribution < -0.4 is 0 Å². The molecule has 3 aliphatic heterocycles. The molecule has 24 heavy (non-hydrogen) atoms. The Morgan fingerprint density at radius 2 is 2.08 bits per heavy atom. The van der Waals surface area contributed by atoms with Crippen LogP contribution in [0, 0.1) is 11.8 Å². The van der Waals surface area contributed by atoms with Gasteiger partial charge in [0.2, 0.25) is 0 Å². The molecule has 134 valence electrons. The van der Waals surface area contributed by atoms with Crippen molar-refractivity contribution in [3.8, 4) is 0 Å². The topological polar surface area (TPSA) is 96.3 Å². The van der Waals surface area contributed by atoms with Gasteiger partial charge in [-0.1, -0.05) is 19.9 Å². The molecule has 7 nitrogen and oxygen atoms in total. The second-order valence-electron chi connectivity index (χ2n) is 7.42. The fraction of sp³-hybridized carbons (Fsp3) is 0.765. The largest absolute Gasteiger partial charge is 0.460 e. The molecule has 0 saturated carbocycles. The van der Waals surface area contributed by atoms with Crippen LogP contribution in [-0.4, -0.2) is 70.6 Å². The minimum Gasteiger partial charge on any atom is -0.460 e. The molecule has 0 bridgehead atoms. The third-order valence-electron chi connectivity index (χ3n) is 5.37. The van der Waals surface area contributed by atoms with Crippen molar-refractivity contribution in [1.82, 2.24) is 4.90 Å². The normalized spacial score (nSPS) is 40.7. The van der Waals surface area contributed by atoms with Gasteiger partial charge in [0.05, 0.1) is 12.0 Å². The maximum Gasteiger partial charge on any atom is 0.340 e. The third kappa shape index (κ3) is 2.74. The van der Waals surface area contributed by atoms with E-state index in [9.17, 15) is 19.8 Å². The number of hydrogen-bond donors (Lipinski definition) is 2. The van der Waals surface area contributed by atoms with Crippen molar-refractivity contribution in [1.29, 1.82) is 0 Å². The van der Waals surface area contributed by atoms with Crippen LogP contribution >= 0.6 is 0 Å². The fourth-order valence-electron chi connectivity index (χ4n) is 3.89. The molecule has 5 atom stereocenters. The second-order valence-corrected chi connectivity index (χ2v) is 7.42. The maximum atomic E-state index is 12.7. The van der Waals surface area contributed by atoms with E-state index in [4.69, 9.17) is 9.47 Å². The number of carbonyl (C=O) groups excluding carboxylic acids is 2. The lowest BCUT2D eigenvalue weighted by atomic mass is 9.81. The van der Waals surface area contributed by atoms with E-state index in [1.807, 2.05) is 6.08 Å². The van der Waals surface area contributed by atoms with E-state index >= 15 is 0 Å². The summed E-state index contributed by atoms with van der Waals surface area (Å²) in [6.07, 6.45) is 0.767. The molecule has 3 heterocycles. The van der Waals surface area contributed by atoms with Gasteiger partial charge < -0.3 is 19.7 Å². The Bertz CT molecular complexity index is 569. The summed E-state index contributed by atoms with van der Waals surface area (Å²) in [5.41, 5.74) is -1.29. The van der Waals surface area contributed by atoms with Gasteiger partial charge in [-0.3, -0.25) is 9.69 Å². The number of esters is 2. The molecular weight excluding hydrogens is 314 g/mol. The highest BCUT2D eigenvalue weighted by Gasteiger charge is 2.51. The monoisotopic (exact) mass is 339 g/mol. The van der Waals surface area contributed by atoms with Crippen LogP contribution in [0.15, 0.2) is 11.6 Å². The first-order chi connectivity index (χ1) is 11.2. The van der Waals surface area contributed by atoms with Crippen LogP contribution in [-0.2, 0) is 19.1 Å². The first kappa shape index (κ1) is 17.4. The van der Waals surface area contributed by atoms with E-state index in [1.165, 1.54) is 6.92 Å². The molecule has 7 heteroatoms. The SMILES string of the molecule is CC(C)[C@@H]1C(=O)O[C@@H]2CCN3CC=C(COC(=O)[C@](C)(O)[C@@H]1O)[C@H]23. The van der Waals surface area contributed by atoms with Crippen molar-refractivity contribution in [3.63, 3.8) is 0 Å². The van der Waals surface area contributed by atoms with E-state index in [0.29, 0.717) is 6.42 Å². The molecule has 2 fully saturated rings.